The highest BCUT2D eigenvalue weighted by Crippen LogP contribution is 2.19. The van der Waals surface area contributed by atoms with Crippen molar-refractivity contribution in [3.05, 3.63) is 22.3 Å². The molecule has 0 aromatic carbocycles. The number of amides is 1. The first kappa shape index (κ1) is 11.4. The molecule has 0 aliphatic carbocycles. The summed E-state index contributed by atoms with van der Waals surface area (Å²) >= 11 is 3.44. The number of pyridine rings is 1. The molecule has 0 saturated carbocycles. The summed E-state index contributed by atoms with van der Waals surface area (Å²) in [7, 11) is 0. The number of aromatic nitrogens is 1. The van der Waals surface area contributed by atoms with Crippen molar-refractivity contribution >= 4 is 28.2 Å². The van der Waals surface area contributed by atoms with Gasteiger partial charge in [0.1, 0.15) is 5.82 Å². The van der Waals surface area contributed by atoms with Gasteiger partial charge in [0, 0.05) is 30.7 Å². The molecule has 1 saturated heterocycles. The highest BCUT2D eigenvalue weighted by Gasteiger charge is 2.16. The van der Waals surface area contributed by atoms with Gasteiger partial charge in [0.05, 0.1) is 5.69 Å². The van der Waals surface area contributed by atoms with Crippen molar-refractivity contribution in [3.63, 3.8) is 0 Å². The summed E-state index contributed by atoms with van der Waals surface area (Å²) in [5.74, 6) is 0.992. The first-order valence-corrected chi connectivity index (χ1v) is 6.07. The summed E-state index contributed by atoms with van der Waals surface area (Å²) < 4.78 is 1.03. The lowest BCUT2D eigenvalue weighted by molar-refractivity contribution is -0.118. The van der Waals surface area contributed by atoms with E-state index in [1.54, 1.807) is 4.90 Å². The lowest BCUT2D eigenvalue weighted by Crippen LogP contribution is -2.46. The average molecular weight is 284 g/mol. The number of carbonyl (C=O) groups excluding carboxylic acids is 1. The Labute approximate surface area is 103 Å². The molecule has 1 aromatic heterocycles. The molecule has 0 unspecified atom stereocenters. The van der Waals surface area contributed by atoms with E-state index in [2.05, 4.69) is 25.8 Å². The number of rotatable bonds is 2. The predicted octanol–water partition coefficient (Wildman–Crippen LogP) is 1.43. The Kier molecular flexibility index (Phi) is 3.43. The summed E-state index contributed by atoms with van der Waals surface area (Å²) in [6, 6.07) is 4.03. The number of anilines is 1. The van der Waals surface area contributed by atoms with E-state index in [0.29, 0.717) is 0 Å². The molecule has 2 rings (SSSR count). The van der Waals surface area contributed by atoms with Crippen LogP contribution in [-0.2, 0) is 4.79 Å². The van der Waals surface area contributed by atoms with Crippen molar-refractivity contribution < 1.29 is 4.79 Å². The monoisotopic (exact) mass is 283 g/mol. The zero-order valence-electron chi connectivity index (χ0n) is 9.19. The molecule has 4 nitrogen and oxygen atoms in total. The van der Waals surface area contributed by atoms with Crippen LogP contribution in [0.4, 0.5) is 5.82 Å². The quantitative estimate of drug-likeness (QED) is 0.771. The lowest BCUT2D eigenvalue weighted by Gasteiger charge is -2.33. The maximum Gasteiger partial charge on any atom is 0.209 e. The zero-order valence-corrected chi connectivity index (χ0v) is 10.8. The third-order valence-electron chi connectivity index (χ3n) is 2.79. The Morgan fingerprint density at radius 3 is 2.56 bits per heavy atom. The summed E-state index contributed by atoms with van der Waals surface area (Å²) in [5.41, 5.74) is 0.996. The average Bonchev–Trinajstić information content (AvgIpc) is 2.33. The fourth-order valence-corrected chi connectivity index (χ4v) is 1.98. The molecule has 1 amide bonds. The second kappa shape index (κ2) is 4.82. The van der Waals surface area contributed by atoms with E-state index < -0.39 is 0 Å². The molecule has 2 heterocycles. The SMILES string of the molecule is Cc1nc(N2CCN(C=O)CC2)ccc1Br. The topological polar surface area (TPSA) is 36.4 Å². The molecule has 5 heteroatoms. The van der Waals surface area contributed by atoms with Crippen LogP contribution in [0.5, 0.6) is 0 Å². The number of piperazine rings is 1. The maximum absolute atomic E-state index is 10.6. The Morgan fingerprint density at radius 1 is 1.31 bits per heavy atom. The fraction of sp³-hybridized carbons (Fsp3) is 0.455. The molecule has 1 fully saturated rings. The highest BCUT2D eigenvalue weighted by molar-refractivity contribution is 9.10. The summed E-state index contributed by atoms with van der Waals surface area (Å²) in [5, 5.41) is 0. The molecule has 0 radical (unpaired) electrons. The van der Waals surface area contributed by atoms with Crippen LogP contribution in [0.15, 0.2) is 16.6 Å². The molecule has 1 aliphatic rings. The first-order valence-electron chi connectivity index (χ1n) is 5.28. The second-order valence-corrected chi connectivity index (χ2v) is 4.72. The van der Waals surface area contributed by atoms with Crippen LogP contribution >= 0.6 is 15.9 Å². The minimum absolute atomic E-state index is 0.778. The summed E-state index contributed by atoms with van der Waals surface area (Å²) in [4.78, 5) is 19.1. The normalized spacial score (nSPS) is 16.4. The van der Waals surface area contributed by atoms with Crippen molar-refractivity contribution in [2.24, 2.45) is 0 Å². The third kappa shape index (κ3) is 2.35. The van der Waals surface area contributed by atoms with Gasteiger partial charge in [-0.1, -0.05) is 0 Å². The van der Waals surface area contributed by atoms with Crippen LogP contribution in [0.2, 0.25) is 0 Å². The van der Waals surface area contributed by atoms with E-state index in [0.717, 1.165) is 48.6 Å². The number of nitrogens with zero attached hydrogens (tertiary/aromatic N) is 3. The minimum atomic E-state index is 0.778. The Morgan fingerprint density at radius 2 is 2.00 bits per heavy atom. The van der Waals surface area contributed by atoms with Gasteiger partial charge < -0.3 is 9.80 Å². The van der Waals surface area contributed by atoms with Gasteiger partial charge in [0.15, 0.2) is 0 Å². The van der Waals surface area contributed by atoms with Gasteiger partial charge in [0.25, 0.3) is 0 Å². The maximum atomic E-state index is 10.6. The van der Waals surface area contributed by atoms with Gasteiger partial charge in [-0.25, -0.2) is 4.98 Å². The van der Waals surface area contributed by atoms with Crippen LogP contribution in [0.25, 0.3) is 0 Å². The molecule has 0 bridgehead atoms. The van der Waals surface area contributed by atoms with Crippen LogP contribution < -0.4 is 4.90 Å². The van der Waals surface area contributed by atoms with Gasteiger partial charge >= 0.3 is 0 Å². The predicted molar refractivity (Wildman–Crippen MR) is 66.5 cm³/mol. The highest BCUT2D eigenvalue weighted by atomic mass is 79.9. The first-order chi connectivity index (χ1) is 7.70. The van der Waals surface area contributed by atoms with E-state index in [4.69, 9.17) is 0 Å². The molecule has 86 valence electrons. The Hall–Kier alpha value is -1.10. The second-order valence-electron chi connectivity index (χ2n) is 3.87. The standard InChI is InChI=1S/C11H14BrN3O/c1-9-10(12)2-3-11(13-9)15-6-4-14(8-16)5-7-15/h2-3,8H,4-7H2,1H3. The lowest BCUT2D eigenvalue weighted by atomic mass is 10.3. The van der Waals surface area contributed by atoms with Gasteiger partial charge in [-0.15, -0.1) is 0 Å². The van der Waals surface area contributed by atoms with Crippen molar-refractivity contribution in [2.45, 2.75) is 6.92 Å². The van der Waals surface area contributed by atoms with Crippen molar-refractivity contribution in [1.29, 1.82) is 0 Å². The van der Waals surface area contributed by atoms with Crippen LogP contribution in [-0.4, -0.2) is 42.5 Å². The van der Waals surface area contributed by atoms with Gasteiger partial charge in [-0.05, 0) is 35.0 Å². The molecule has 0 spiro atoms. The molecular weight excluding hydrogens is 270 g/mol. The van der Waals surface area contributed by atoms with E-state index in [9.17, 15) is 4.79 Å². The molecule has 0 N–H and O–H groups in total. The minimum Gasteiger partial charge on any atom is -0.353 e. The number of aryl methyl sites for hydroxylation is 1. The van der Waals surface area contributed by atoms with Crippen molar-refractivity contribution in [1.82, 2.24) is 9.88 Å². The smallest absolute Gasteiger partial charge is 0.209 e. The Bertz CT molecular complexity index is 389. The Balaban J connectivity index is 2.08. The van der Waals surface area contributed by atoms with Gasteiger partial charge in [0.2, 0.25) is 6.41 Å². The van der Waals surface area contributed by atoms with E-state index in [1.165, 1.54) is 0 Å². The molecule has 1 aromatic rings. The fourth-order valence-electron chi connectivity index (χ4n) is 1.76. The van der Waals surface area contributed by atoms with Crippen LogP contribution in [0.3, 0.4) is 0 Å². The third-order valence-corrected chi connectivity index (χ3v) is 3.63. The number of halogens is 1. The molecule has 0 atom stereocenters. The van der Waals surface area contributed by atoms with E-state index in [-0.39, 0.29) is 0 Å². The molecule has 16 heavy (non-hydrogen) atoms. The molecular formula is C11H14BrN3O. The molecule has 1 aliphatic heterocycles. The van der Waals surface area contributed by atoms with Gasteiger partial charge in [-0.2, -0.15) is 0 Å². The van der Waals surface area contributed by atoms with Crippen molar-refractivity contribution in [3.8, 4) is 0 Å². The summed E-state index contributed by atoms with van der Waals surface area (Å²) in [6.45, 7) is 5.25. The van der Waals surface area contributed by atoms with Crippen LogP contribution in [0.1, 0.15) is 5.69 Å². The van der Waals surface area contributed by atoms with E-state index >= 15 is 0 Å². The largest absolute Gasteiger partial charge is 0.353 e. The van der Waals surface area contributed by atoms with Crippen LogP contribution in [0, 0.1) is 6.92 Å². The summed E-state index contributed by atoms with van der Waals surface area (Å²) in [6.07, 6.45) is 0.914. The number of carbonyl (C=O) groups is 1. The number of hydrogen-bond acceptors (Lipinski definition) is 3. The van der Waals surface area contributed by atoms with Gasteiger partial charge in [-0.3, -0.25) is 4.79 Å². The number of hydrogen-bond donors (Lipinski definition) is 0. The van der Waals surface area contributed by atoms with Crippen molar-refractivity contribution in [2.75, 3.05) is 31.1 Å². The van der Waals surface area contributed by atoms with E-state index in [1.807, 2.05) is 19.1 Å². The zero-order chi connectivity index (χ0) is 11.5.